The molecule has 0 aliphatic rings. The topological polar surface area (TPSA) is 35.8 Å². The molecular weight excluding hydrogens is 181 g/mol. The van der Waals surface area contributed by atoms with Crippen molar-refractivity contribution in [1.29, 1.82) is 5.26 Å². The molecular formula is C5H8ClF3N2. The fourth-order valence-electron chi connectivity index (χ4n) is 0.374. The molecule has 2 nitrogen and oxygen atoms in total. The highest BCUT2D eigenvalue weighted by molar-refractivity contribution is 5.85. The highest BCUT2D eigenvalue weighted by atomic mass is 35.5. The summed E-state index contributed by atoms with van der Waals surface area (Å²) >= 11 is 0. The zero-order valence-corrected chi connectivity index (χ0v) is 6.43. The molecule has 0 fully saturated rings. The number of nitrogens with one attached hydrogen (secondary N) is 1. The zero-order valence-electron chi connectivity index (χ0n) is 5.61. The Morgan fingerprint density at radius 1 is 1.36 bits per heavy atom. The van der Waals surface area contributed by atoms with E-state index in [9.17, 15) is 13.2 Å². The number of nitrogens with zero attached hydrogens (tertiary/aromatic N) is 1. The highest BCUT2D eigenvalue weighted by Crippen LogP contribution is 2.11. The van der Waals surface area contributed by atoms with Gasteiger partial charge in [-0.3, -0.25) is 0 Å². The van der Waals surface area contributed by atoms with Crippen LogP contribution in [0.15, 0.2) is 0 Å². The van der Waals surface area contributed by atoms with Gasteiger partial charge in [0.05, 0.1) is 12.6 Å². The number of halogens is 4. The van der Waals surface area contributed by atoms with Crippen LogP contribution >= 0.6 is 12.4 Å². The second-order valence-corrected chi connectivity index (χ2v) is 1.70. The van der Waals surface area contributed by atoms with Crippen molar-refractivity contribution >= 4 is 12.4 Å². The summed E-state index contributed by atoms with van der Waals surface area (Å²) in [6, 6.07) is 1.72. The summed E-state index contributed by atoms with van der Waals surface area (Å²) in [4.78, 5) is 0. The molecule has 0 aromatic heterocycles. The molecule has 1 N–H and O–H groups in total. The first-order valence-electron chi connectivity index (χ1n) is 2.70. The maximum absolute atomic E-state index is 11.3. The molecule has 66 valence electrons. The standard InChI is InChI=1S/C5H7F3N2.ClH/c6-5(7,8)4-10-3-1-2-9;/h10H,1,3-4H2;1H. The van der Waals surface area contributed by atoms with Crippen LogP contribution in [0, 0.1) is 11.3 Å². The lowest BCUT2D eigenvalue weighted by molar-refractivity contribution is -0.124. The van der Waals surface area contributed by atoms with Crippen molar-refractivity contribution in [2.45, 2.75) is 12.6 Å². The van der Waals surface area contributed by atoms with E-state index in [-0.39, 0.29) is 25.4 Å². The molecule has 0 bridgehead atoms. The summed E-state index contributed by atoms with van der Waals surface area (Å²) < 4.78 is 34.0. The fraction of sp³-hybridized carbons (Fsp3) is 0.800. The van der Waals surface area contributed by atoms with Gasteiger partial charge in [-0.15, -0.1) is 12.4 Å². The molecule has 0 unspecified atom stereocenters. The van der Waals surface area contributed by atoms with E-state index in [1.54, 1.807) is 6.07 Å². The Morgan fingerprint density at radius 2 is 1.91 bits per heavy atom. The van der Waals surface area contributed by atoms with E-state index in [0.29, 0.717) is 0 Å². The lowest BCUT2D eigenvalue weighted by Gasteiger charge is -2.05. The van der Waals surface area contributed by atoms with E-state index in [0.717, 1.165) is 0 Å². The van der Waals surface area contributed by atoms with Gasteiger partial charge in [0.1, 0.15) is 0 Å². The summed E-state index contributed by atoms with van der Waals surface area (Å²) in [5.41, 5.74) is 0. The Kier molecular flexibility index (Phi) is 7.47. The van der Waals surface area contributed by atoms with Gasteiger partial charge in [-0.1, -0.05) is 0 Å². The number of rotatable bonds is 3. The molecule has 0 heterocycles. The number of nitriles is 1. The lowest BCUT2D eigenvalue weighted by atomic mass is 10.4. The van der Waals surface area contributed by atoms with Gasteiger partial charge < -0.3 is 5.32 Å². The van der Waals surface area contributed by atoms with Gasteiger partial charge in [-0.05, 0) is 0 Å². The van der Waals surface area contributed by atoms with Gasteiger partial charge in [-0.2, -0.15) is 18.4 Å². The molecule has 0 spiro atoms. The van der Waals surface area contributed by atoms with Crippen LogP contribution in [0.25, 0.3) is 0 Å². The van der Waals surface area contributed by atoms with E-state index in [2.05, 4.69) is 5.32 Å². The van der Waals surface area contributed by atoms with Crippen LogP contribution in [0.4, 0.5) is 13.2 Å². The van der Waals surface area contributed by atoms with E-state index in [1.807, 2.05) is 0 Å². The second-order valence-electron chi connectivity index (χ2n) is 1.70. The first kappa shape index (κ1) is 13.1. The van der Waals surface area contributed by atoms with Gasteiger partial charge in [0.15, 0.2) is 0 Å². The Hall–Kier alpha value is -0.470. The van der Waals surface area contributed by atoms with Crippen LogP contribution in [-0.4, -0.2) is 19.3 Å². The van der Waals surface area contributed by atoms with Gasteiger partial charge >= 0.3 is 6.18 Å². The van der Waals surface area contributed by atoms with Gasteiger partial charge in [0.2, 0.25) is 0 Å². The average Bonchev–Trinajstić information content (AvgIpc) is 1.78. The van der Waals surface area contributed by atoms with Crippen LogP contribution < -0.4 is 5.32 Å². The third-order valence-corrected chi connectivity index (χ3v) is 0.739. The van der Waals surface area contributed by atoms with Crippen LogP contribution in [0.2, 0.25) is 0 Å². The minimum Gasteiger partial charge on any atom is -0.308 e. The van der Waals surface area contributed by atoms with Crippen molar-refractivity contribution in [2.75, 3.05) is 13.1 Å². The summed E-state index contributed by atoms with van der Waals surface area (Å²) in [7, 11) is 0. The molecule has 0 rings (SSSR count). The minimum atomic E-state index is -4.17. The highest BCUT2D eigenvalue weighted by Gasteiger charge is 2.25. The Bertz CT molecular complexity index is 129. The van der Waals surface area contributed by atoms with Crippen LogP contribution in [0.3, 0.4) is 0 Å². The van der Waals surface area contributed by atoms with Crippen LogP contribution in [0.1, 0.15) is 6.42 Å². The fourth-order valence-corrected chi connectivity index (χ4v) is 0.374. The van der Waals surface area contributed by atoms with E-state index in [4.69, 9.17) is 5.26 Å². The third kappa shape index (κ3) is 12.7. The van der Waals surface area contributed by atoms with Crippen molar-refractivity contribution in [3.05, 3.63) is 0 Å². The first-order valence-corrected chi connectivity index (χ1v) is 2.70. The predicted octanol–water partition coefficient (Wildman–Crippen LogP) is 1.47. The van der Waals surface area contributed by atoms with Gasteiger partial charge in [-0.25, -0.2) is 0 Å². The molecule has 0 aromatic rings. The van der Waals surface area contributed by atoms with Gasteiger partial charge in [0, 0.05) is 13.0 Å². The van der Waals surface area contributed by atoms with Crippen molar-refractivity contribution in [2.24, 2.45) is 0 Å². The quantitative estimate of drug-likeness (QED) is 0.681. The largest absolute Gasteiger partial charge is 0.401 e. The molecule has 0 aromatic carbocycles. The molecule has 0 saturated carbocycles. The summed E-state index contributed by atoms with van der Waals surface area (Å²) in [6.45, 7) is -0.926. The lowest BCUT2D eigenvalue weighted by Crippen LogP contribution is -2.29. The maximum atomic E-state index is 11.3. The smallest absolute Gasteiger partial charge is 0.308 e. The van der Waals surface area contributed by atoms with Crippen LogP contribution in [0.5, 0.6) is 0 Å². The average molecular weight is 189 g/mol. The van der Waals surface area contributed by atoms with E-state index >= 15 is 0 Å². The minimum absolute atomic E-state index is 0. The van der Waals surface area contributed by atoms with Gasteiger partial charge in [0.25, 0.3) is 0 Å². The monoisotopic (exact) mass is 188 g/mol. The summed E-state index contributed by atoms with van der Waals surface area (Å²) in [6.07, 6.45) is -4.06. The first-order chi connectivity index (χ1) is 4.56. The van der Waals surface area contributed by atoms with E-state index in [1.165, 1.54) is 0 Å². The Morgan fingerprint density at radius 3 is 2.27 bits per heavy atom. The maximum Gasteiger partial charge on any atom is 0.401 e. The molecule has 0 atom stereocenters. The second kappa shape index (κ2) is 6.25. The van der Waals surface area contributed by atoms with Crippen molar-refractivity contribution in [3.63, 3.8) is 0 Å². The summed E-state index contributed by atoms with van der Waals surface area (Å²) in [5.74, 6) is 0. The Balaban J connectivity index is 0. The SMILES string of the molecule is Cl.N#CCCNCC(F)(F)F. The molecule has 11 heavy (non-hydrogen) atoms. The molecule has 0 aliphatic carbocycles. The van der Waals surface area contributed by atoms with Crippen molar-refractivity contribution in [3.8, 4) is 6.07 Å². The zero-order chi connectivity index (χ0) is 8.04. The molecule has 0 amide bonds. The number of hydrogen-bond donors (Lipinski definition) is 1. The number of hydrogen-bond acceptors (Lipinski definition) is 2. The predicted molar refractivity (Wildman–Crippen MR) is 36.4 cm³/mol. The van der Waals surface area contributed by atoms with Crippen molar-refractivity contribution in [1.82, 2.24) is 5.32 Å². The van der Waals surface area contributed by atoms with Crippen molar-refractivity contribution < 1.29 is 13.2 Å². The summed E-state index contributed by atoms with van der Waals surface area (Å²) in [5, 5.41) is 10.0. The number of alkyl halides is 3. The Labute approximate surface area is 68.8 Å². The normalized spacial score (nSPS) is 10.0. The van der Waals surface area contributed by atoms with Crippen LogP contribution in [-0.2, 0) is 0 Å². The third-order valence-electron chi connectivity index (χ3n) is 0.739. The molecule has 6 heteroatoms. The molecule has 0 saturated heterocycles. The van der Waals surface area contributed by atoms with E-state index < -0.39 is 12.7 Å². The molecule has 0 radical (unpaired) electrons. The molecule has 0 aliphatic heterocycles.